The number of hydrogen-bond acceptors (Lipinski definition) is 4. The van der Waals surface area contributed by atoms with Gasteiger partial charge in [0.15, 0.2) is 11.5 Å². The Morgan fingerprint density at radius 2 is 1.80 bits per heavy atom. The van der Waals surface area contributed by atoms with Gasteiger partial charge in [-0.15, -0.1) is 0 Å². The van der Waals surface area contributed by atoms with E-state index < -0.39 is 0 Å². The van der Waals surface area contributed by atoms with Crippen LogP contribution in [0.1, 0.15) is 38.3 Å². The molecule has 0 aliphatic carbocycles. The summed E-state index contributed by atoms with van der Waals surface area (Å²) >= 11 is 0. The lowest BCUT2D eigenvalue weighted by molar-refractivity contribution is 0.170. The van der Waals surface area contributed by atoms with Crippen LogP contribution in [0.4, 0.5) is 0 Å². The molecule has 4 nitrogen and oxygen atoms in total. The summed E-state index contributed by atoms with van der Waals surface area (Å²) in [6.07, 6.45) is 2.09. The Bertz CT molecular complexity index is 476. The molecule has 0 amide bonds. The smallest absolute Gasteiger partial charge is 0.161 e. The molecule has 1 aliphatic rings. The predicted molar refractivity (Wildman–Crippen MR) is 77.9 cm³/mol. The third-order valence-electron chi connectivity index (χ3n) is 3.39. The van der Waals surface area contributed by atoms with Gasteiger partial charge in [0.2, 0.25) is 0 Å². The molecule has 1 unspecified atom stereocenters. The first-order valence-corrected chi connectivity index (χ1v) is 7.33. The molecule has 0 saturated carbocycles. The highest BCUT2D eigenvalue weighted by molar-refractivity contribution is 5.45. The topological polar surface area (TPSA) is 45.5 Å². The van der Waals surface area contributed by atoms with Crippen LogP contribution in [0.2, 0.25) is 0 Å². The molecule has 20 heavy (non-hydrogen) atoms. The SMILES string of the molecule is CCCN(CCC)C(C#N)c1ccc2c(c1)OCCO2. The van der Waals surface area contributed by atoms with E-state index in [1.807, 2.05) is 18.2 Å². The van der Waals surface area contributed by atoms with Crippen molar-refractivity contribution in [3.63, 3.8) is 0 Å². The van der Waals surface area contributed by atoms with Crippen molar-refractivity contribution in [2.45, 2.75) is 32.7 Å². The van der Waals surface area contributed by atoms with Gasteiger partial charge < -0.3 is 9.47 Å². The molecule has 0 bridgehead atoms. The van der Waals surface area contributed by atoms with E-state index in [1.54, 1.807) is 0 Å². The zero-order valence-electron chi connectivity index (χ0n) is 12.3. The van der Waals surface area contributed by atoms with Crippen molar-refractivity contribution in [1.29, 1.82) is 5.26 Å². The molecule has 1 aliphatic heterocycles. The minimum atomic E-state index is -0.217. The van der Waals surface area contributed by atoms with Crippen LogP contribution in [-0.4, -0.2) is 31.2 Å². The van der Waals surface area contributed by atoms with Gasteiger partial charge >= 0.3 is 0 Å². The normalized spacial score (nSPS) is 14.9. The summed E-state index contributed by atoms with van der Waals surface area (Å²) in [6.45, 7) is 7.30. The number of nitrogens with zero attached hydrogens (tertiary/aromatic N) is 2. The van der Waals surface area contributed by atoms with Gasteiger partial charge in [0.25, 0.3) is 0 Å². The number of hydrogen-bond donors (Lipinski definition) is 0. The Hall–Kier alpha value is -1.73. The maximum Gasteiger partial charge on any atom is 0.161 e. The second-order valence-corrected chi connectivity index (χ2v) is 4.97. The number of nitriles is 1. The highest BCUT2D eigenvalue weighted by Crippen LogP contribution is 2.34. The van der Waals surface area contributed by atoms with Gasteiger partial charge in [-0.2, -0.15) is 5.26 Å². The first kappa shape index (κ1) is 14.7. The third-order valence-corrected chi connectivity index (χ3v) is 3.39. The fraction of sp³-hybridized carbons (Fsp3) is 0.562. The number of fused-ring (bicyclic) bond motifs is 1. The highest BCUT2D eigenvalue weighted by atomic mass is 16.6. The summed E-state index contributed by atoms with van der Waals surface area (Å²) < 4.78 is 11.1. The van der Waals surface area contributed by atoms with Gasteiger partial charge in [-0.25, -0.2) is 0 Å². The zero-order chi connectivity index (χ0) is 14.4. The summed E-state index contributed by atoms with van der Waals surface area (Å²) in [5, 5.41) is 9.54. The summed E-state index contributed by atoms with van der Waals surface area (Å²) in [4.78, 5) is 2.23. The molecule has 0 N–H and O–H groups in total. The van der Waals surface area contributed by atoms with E-state index >= 15 is 0 Å². The van der Waals surface area contributed by atoms with Crippen LogP contribution in [0.15, 0.2) is 18.2 Å². The minimum absolute atomic E-state index is 0.217. The molecule has 0 spiro atoms. The summed E-state index contributed by atoms with van der Waals surface area (Å²) in [6, 6.07) is 8.03. The van der Waals surface area contributed by atoms with E-state index in [-0.39, 0.29) is 6.04 Å². The van der Waals surface area contributed by atoms with Gasteiger partial charge in [0.05, 0.1) is 6.07 Å². The quantitative estimate of drug-likeness (QED) is 0.799. The Kier molecular flexibility index (Phi) is 5.25. The number of ether oxygens (including phenoxy) is 2. The van der Waals surface area contributed by atoms with Crippen LogP contribution >= 0.6 is 0 Å². The lowest BCUT2D eigenvalue weighted by atomic mass is 10.0. The molecule has 0 fully saturated rings. The van der Waals surface area contributed by atoms with Crippen LogP contribution < -0.4 is 9.47 Å². The molecule has 2 rings (SSSR count). The van der Waals surface area contributed by atoms with Crippen molar-refractivity contribution in [3.05, 3.63) is 23.8 Å². The standard InChI is InChI=1S/C16H22N2O2/c1-3-7-18(8-4-2)14(12-17)13-5-6-15-16(11-13)20-10-9-19-15/h5-6,11,14H,3-4,7-10H2,1-2H3. The van der Waals surface area contributed by atoms with E-state index in [1.165, 1.54) is 0 Å². The van der Waals surface area contributed by atoms with Crippen molar-refractivity contribution in [1.82, 2.24) is 4.90 Å². The predicted octanol–water partition coefficient (Wildman–Crippen LogP) is 3.14. The van der Waals surface area contributed by atoms with Crippen molar-refractivity contribution >= 4 is 0 Å². The Balaban J connectivity index is 2.24. The van der Waals surface area contributed by atoms with Crippen LogP contribution in [0, 0.1) is 11.3 Å². The van der Waals surface area contributed by atoms with Gasteiger partial charge in [-0.1, -0.05) is 19.9 Å². The minimum Gasteiger partial charge on any atom is -0.486 e. The summed E-state index contributed by atoms with van der Waals surface area (Å²) in [5.41, 5.74) is 0.985. The van der Waals surface area contributed by atoms with E-state index in [0.29, 0.717) is 13.2 Å². The lowest BCUT2D eigenvalue weighted by Gasteiger charge is -2.27. The van der Waals surface area contributed by atoms with Crippen LogP contribution in [0.5, 0.6) is 11.5 Å². The molecule has 4 heteroatoms. The van der Waals surface area contributed by atoms with Crippen molar-refractivity contribution < 1.29 is 9.47 Å². The second-order valence-electron chi connectivity index (χ2n) is 4.97. The number of rotatable bonds is 6. The molecule has 108 valence electrons. The Labute approximate surface area is 120 Å². The molecular weight excluding hydrogens is 252 g/mol. The largest absolute Gasteiger partial charge is 0.486 e. The van der Waals surface area contributed by atoms with Crippen LogP contribution in [0.3, 0.4) is 0 Å². The van der Waals surface area contributed by atoms with Gasteiger partial charge in [0, 0.05) is 0 Å². The monoisotopic (exact) mass is 274 g/mol. The van der Waals surface area contributed by atoms with Gasteiger partial charge in [-0.3, -0.25) is 4.90 Å². The first-order valence-electron chi connectivity index (χ1n) is 7.33. The van der Waals surface area contributed by atoms with E-state index in [4.69, 9.17) is 9.47 Å². The molecule has 1 atom stereocenters. The highest BCUT2D eigenvalue weighted by Gasteiger charge is 2.21. The fourth-order valence-electron chi connectivity index (χ4n) is 2.54. The van der Waals surface area contributed by atoms with Crippen molar-refractivity contribution in [2.75, 3.05) is 26.3 Å². The van der Waals surface area contributed by atoms with Crippen LogP contribution in [0.25, 0.3) is 0 Å². The molecule has 1 aromatic carbocycles. The Morgan fingerprint density at radius 3 is 2.40 bits per heavy atom. The van der Waals surface area contributed by atoms with E-state index in [0.717, 1.165) is 43.0 Å². The fourth-order valence-corrected chi connectivity index (χ4v) is 2.54. The average Bonchev–Trinajstić information content (AvgIpc) is 2.48. The summed E-state index contributed by atoms with van der Waals surface area (Å²) in [5.74, 6) is 1.52. The average molecular weight is 274 g/mol. The summed E-state index contributed by atoms with van der Waals surface area (Å²) in [7, 11) is 0. The molecular formula is C16H22N2O2. The molecule has 0 radical (unpaired) electrons. The molecule has 1 aromatic rings. The van der Waals surface area contributed by atoms with Crippen molar-refractivity contribution in [3.8, 4) is 17.6 Å². The van der Waals surface area contributed by atoms with Crippen LogP contribution in [-0.2, 0) is 0 Å². The molecule has 1 heterocycles. The second kappa shape index (κ2) is 7.16. The van der Waals surface area contributed by atoms with E-state index in [9.17, 15) is 5.26 Å². The maximum atomic E-state index is 9.54. The number of benzene rings is 1. The van der Waals surface area contributed by atoms with E-state index in [2.05, 4.69) is 24.8 Å². The van der Waals surface area contributed by atoms with Gasteiger partial charge in [-0.05, 0) is 43.6 Å². The maximum absolute atomic E-state index is 9.54. The third kappa shape index (κ3) is 3.23. The Morgan fingerprint density at radius 1 is 1.15 bits per heavy atom. The zero-order valence-corrected chi connectivity index (χ0v) is 12.3. The lowest BCUT2D eigenvalue weighted by Crippen LogP contribution is -2.29. The van der Waals surface area contributed by atoms with Gasteiger partial charge in [0.1, 0.15) is 19.3 Å². The molecule has 0 saturated heterocycles. The first-order chi connectivity index (χ1) is 9.80. The van der Waals surface area contributed by atoms with Crippen molar-refractivity contribution in [2.24, 2.45) is 0 Å². The molecule has 0 aromatic heterocycles.